The molecule has 1 amide bonds. The average molecular weight is 300 g/mol. The van der Waals surface area contributed by atoms with Gasteiger partial charge in [-0.25, -0.2) is 0 Å². The summed E-state index contributed by atoms with van der Waals surface area (Å²) in [5.41, 5.74) is 9.00. The molecule has 3 nitrogen and oxygen atoms in total. The summed E-state index contributed by atoms with van der Waals surface area (Å²) >= 11 is 0. The predicted molar refractivity (Wildman–Crippen MR) is 92.5 cm³/mol. The maximum atomic E-state index is 12.2. The number of likely N-dealkylation sites (tertiary alicyclic amines) is 1. The van der Waals surface area contributed by atoms with Crippen LogP contribution in [0.15, 0.2) is 24.3 Å². The summed E-state index contributed by atoms with van der Waals surface area (Å²) in [7, 11) is 0. The number of amides is 1. The fraction of sp³-hybridized carbons (Fsp3) is 0.526. The first-order valence-corrected chi connectivity index (χ1v) is 8.10. The number of allylic oxidation sites excluding steroid dienone is 1. The molecule has 0 saturated carbocycles. The molecule has 1 aliphatic rings. The van der Waals surface area contributed by atoms with E-state index in [4.69, 9.17) is 5.73 Å². The van der Waals surface area contributed by atoms with E-state index in [0.29, 0.717) is 5.92 Å². The van der Waals surface area contributed by atoms with Crippen molar-refractivity contribution in [3.63, 3.8) is 0 Å². The van der Waals surface area contributed by atoms with Crippen LogP contribution >= 0.6 is 0 Å². The average Bonchev–Trinajstić information content (AvgIpc) is 2.43. The van der Waals surface area contributed by atoms with Gasteiger partial charge in [0.2, 0.25) is 5.91 Å². The molecule has 2 N–H and O–H groups in total. The fourth-order valence-electron chi connectivity index (χ4n) is 3.06. The molecule has 1 aromatic carbocycles. The molecule has 0 bridgehead atoms. The molecule has 0 atom stereocenters. The van der Waals surface area contributed by atoms with Gasteiger partial charge in [0.05, 0.1) is 5.54 Å². The molecule has 0 radical (unpaired) electrons. The van der Waals surface area contributed by atoms with Crippen LogP contribution in [0, 0.1) is 19.8 Å². The standard InChI is InChI=1S/C19H28N2O/c1-14-11-15(2)13-17(12-14)6-5-16-7-9-21(10-8-16)18(22)19(3,4)20/h5-6,11-13,16H,7-10,20H2,1-4H3/b6-5+. The van der Waals surface area contributed by atoms with Crippen LogP contribution in [0.2, 0.25) is 0 Å². The Morgan fingerprint density at radius 2 is 1.73 bits per heavy atom. The lowest BCUT2D eigenvalue weighted by molar-refractivity contribution is -0.137. The largest absolute Gasteiger partial charge is 0.341 e. The lowest BCUT2D eigenvalue weighted by atomic mass is 9.93. The Hall–Kier alpha value is -1.61. The minimum atomic E-state index is -0.762. The summed E-state index contributed by atoms with van der Waals surface area (Å²) < 4.78 is 0. The summed E-state index contributed by atoms with van der Waals surface area (Å²) in [6.07, 6.45) is 6.55. The van der Waals surface area contributed by atoms with Gasteiger partial charge in [-0.2, -0.15) is 0 Å². The molecule has 1 heterocycles. The highest BCUT2D eigenvalue weighted by atomic mass is 16.2. The summed E-state index contributed by atoms with van der Waals surface area (Å²) in [5, 5.41) is 0. The van der Waals surface area contributed by atoms with E-state index in [9.17, 15) is 4.79 Å². The maximum absolute atomic E-state index is 12.2. The highest BCUT2D eigenvalue weighted by Crippen LogP contribution is 2.22. The van der Waals surface area contributed by atoms with Crippen molar-refractivity contribution in [1.29, 1.82) is 0 Å². The molecule has 0 spiro atoms. The van der Waals surface area contributed by atoms with Crippen LogP contribution in [-0.2, 0) is 4.79 Å². The molecule has 2 rings (SSSR count). The van der Waals surface area contributed by atoms with Gasteiger partial charge in [0.1, 0.15) is 0 Å². The van der Waals surface area contributed by atoms with Crippen LogP contribution in [0.25, 0.3) is 6.08 Å². The predicted octanol–water partition coefficient (Wildman–Crippen LogP) is 3.29. The van der Waals surface area contributed by atoms with Gasteiger partial charge in [0.15, 0.2) is 0 Å². The number of hydrogen-bond donors (Lipinski definition) is 1. The summed E-state index contributed by atoms with van der Waals surface area (Å²) in [6.45, 7) is 9.43. The lowest BCUT2D eigenvalue weighted by Crippen LogP contribution is -2.53. The van der Waals surface area contributed by atoms with Crippen molar-refractivity contribution in [3.05, 3.63) is 41.0 Å². The van der Waals surface area contributed by atoms with Gasteiger partial charge in [-0.15, -0.1) is 0 Å². The highest BCUT2D eigenvalue weighted by molar-refractivity contribution is 5.85. The first-order chi connectivity index (χ1) is 10.3. The molecule has 1 saturated heterocycles. The van der Waals surface area contributed by atoms with Crippen molar-refractivity contribution in [1.82, 2.24) is 4.90 Å². The van der Waals surface area contributed by atoms with Gasteiger partial charge in [0, 0.05) is 13.1 Å². The van der Waals surface area contributed by atoms with Crippen molar-refractivity contribution in [2.45, 2.75) is 46.1 Å². The number of carbonyl (C=O) groups is 1. The fourth-order valence-corrected chi connectivity index (χ4v) is 3.06. The van der Waals surface area contributed by atoms with E-state index in [0.717, 1.165) is 25.9 Å². The van der Waals surface area contributed by atoms with Gasteiger partial charge in [0.25, 0.3) is 0 Å². The Labute approximate surface area is 134 Å². The van der Waals surface area contributed by atoms with Crippen LogP contribution in [0.4, 0.5) is 0 Å². The third-order valence-corrected chi connectivity index (χ3v) is 4.18. The number of benzene rings is 1. The Morgan fingerprint density at radius 3 is 2.23 bits per heavy atom. The van der Waals surface area contributed by atoms with Crippen LogP contribution in [0.3, 0.4) is 0 Å². The van der Waals surface area contributed by atoms with E-state index in [2.05, 4.69) is 44.2 Å². The number of piperidine rings is 1. The Morgan fingerprint density at radius 1 is 1.18 bits per heavy atom. The monoisotopic (exact) mass is 300 g/mol. The second-order valence-corrected chi connectivity index (χ2v) is 7.13. The molecule has 22 heavy (non-hydrogen) atoms. The zero-order valence-corrected chi connectivity index (χ0v) is 14.2. The molecule has 0 aliphatic carbocycles. The number of nitrogens with zero attached hydrogens (tertiary/aromatic N) is 1. The summed E-state index contributed by atoms with van der Waals surface area (Å²) in [6, 6.07) is 6.61. The number of carbonyl (C=O) groups excluding carboxylic acids is 1. The van der Waals surface area contributed by atoms with Crippen molar-refractivity contribution < 1.29 is 4.79 Å². The van der Waals surface area contributed by atoms with E-state index in [1.807, 2.05) is 4.90 Å². The van der Waals surface area contributed by atoms with E-state index in [1.165, 1.54) is 16.7 Å². The first-order valence-electron chi connectivity index (χ1n) is 8.10. The quantitative estimate of drug-likeness (QED) is 0.931. The smallest absolute Gasteiger partial charge is 0.242 e. The first kappa shape index (κ1) is 16.8. The van der Waals surface area contributed by atoms with Crippen LogP contribution in [-0.4, -0.2) is 29.4 Å². The van der Waals surface area contributed by atoms with Crippen molar-refractivity contribution >= 4 is 12.0 Å². The maximum Gasteiger partial charge on any atom is 0.242 e. The van der Waals surface area contributed by atoms with Gasteiger partial charge >= 0.3 is 0 Å². The highest BCUT2D eigenvalue weighted by Gasteiger charge is 2.30. The van der Waals surface area contributed by atoms with Crippen LogP contribution in [0.5, 0.6) is 0 Å². The van der Waals surface area contributed by atoms with Crippen molar-refractivity contribution in [2.24, 2.45) is 11.7 Å². The minimum Gasteiger partial charge on any atom is -0.341 e. The number of aryl methyl sites for hydroxylation is 2. The molecule has 1 aliphatic heterocycles. The second-order valence-electron chi connectivity index (χ2n) is 7.13. The number of rotatable bonds is 3. The zero-order valence-electron chi connectivity index (χ0n) is 14.2. The zero-order chi connectivity index (χ0) is 16.3. The summed E-state index contributed by atoms with van der Waals surface area (Å²) in [5.74, 6) is 0.606. The van der Waals surface area contributed by atoms with E-state index >= 15 is 0 Å². The van der Waals surface area contributed by atoms with Crippen molar-refractivity contribution in [2.75, 3.05) is 13.1 Å². The normalized spacial score (nSPS) is 17.2. The van der Waals surface area contributed by atoms with Gasteiger partial charge < -0.3 is 10.6 Å². The topological polar surface area (TPSA) is 46.3 Å². The SMILES string of the molecule is Cc1cc(C)cc(/C=C/C2CCN(C(=O)C(C)(C)N)CC2)c1. The number of hydrogen-bond acceptors (Lipinski definition) is 2. The lowest BCUT2D eigenvalue weighted by Gasteiger charge is -2.34. The molecule has 120 valence electrons. The summed E-state index contributed by atoms with van der Waals surface area (Å²) in [4.78, 5) is 14.1. The Bertz CT molecular complexity index is 541. The minimum absolute atomic E-state index is 0.0595. The van der Waals surface area contributed by atoms with E-state index in [1.54, 1.807) is 13.8 Å². The third-order valence-electron chi connectivity index (χ3n) is 4.18. The van der Waals surface area contributed by atoms with Crippen LogP contribution in [0.1, 0.15) is 43.4 Å². The Balaban J connectivity index is 1.92. The van der Waals surface area contributed by atoms with E-state index in [-0.39, 0.29) is 5.91 Å². The molecular formula is C19H28N2O. The van der Waals surface area contributed by atoms with Gasteiger partial charge in [-0.3, -0.25) is 4.79 Å². The molecule has 3 heteroatoms. The molecule has 0 aromatic heterocycles. The van der Waals surface area contributed by atoms with Crippen molar-refractivity contribution in [3.8, 4) is 0 Å². The number of nitrogens with two attached hydrogens (primary N) is 1. The molecular weight excluding hydrogens is 272 g/mol. The second kappa shape index (κ2) is 6.66. The third kappa shape index (κ3) is 4.44. The van der Waals surface area contributed by atoms with Crippen LogP contribution < -0.4 is 5.73 Å². The van der Waals surface area contributed by atoms with Gasteiger partial charge in [-0.05, 0) is 52.0 Å². The molecule has 1 fully saturated rings. The van der Waals surface area contributed by atoms with Gasteiger partial charge in [-0.1, -0.05) is 41.5 Å². The molecule has 1 aromatic rings. The molecule has 0 unspecified atom stereocenters. The van der Waals surface area contributed by atoms with E-state index < -0.39 is 5.54 Å². The Kier molecular flexibility index (Phi) is 5.07.